The maximum atomic E-state index is 13.5. The first kappa shape index (κ1) is 25.9. The van der Waals surface area contributed by atoms with E-state index in [-0.39, 0.29) is 17.9 Å². The van der Waals surface area contributed by atoms with Gasteiger partial charge in [-0.25, -0.2) is 13.9 Å². The van der Waals surface area contributed by atoms with Gasteiger partial charge in [-0.15, -0.1) is 0 Å². The second kappa shape index (κ2) is 11.2. The highest BCUT2D eigenvalue weighted by Gasteiger charge is 2.23. The topological polar surface area (TPSA) is 79.3 Å². The fourth-order valence-electron chi connectivity index (χ4n) is 3.55. The molecule has 0 atom stereocenters. The number of para-hydroxylation sites is 1. The first-order valence-corrected chi connectivity index (χ1v) is 11.9. The van der Waals surface area contributed by atoms with Crippen molar-refractivity contribution in [2.75, 3.05) is 23.7 Å². The number of unbranched alkanes of at least 4 members (excludes halogenated alkanes) is 1. The van der Waals surface area contributed by atoms with Gasteiger partial charge < -0.3 is 15.5 Å². The van der Waals surface area contributed by atoms with Crippen LogP contribution in [-0.2, 0) is 10.2 Å². The number of carbonyl (C=O) groups excluding carboxylic acids is 2. The number of halogens is 1. The largest absolute Gasteiger partial charge is 0.322 e. The summed E-state index contributed by atoms with van der Waals surface area (Å²) >= 11 is 0. The standard InChI is InChI=1S/C27H34FN5O2/c1-6-7-15-32(26(35)29-21-13-10-12-20(28)16-21)18-25(34)30-24-17-23(27(3,4)5)31-33(24)22-14-9-8-11-19(22)2/h8-14,16-17H,6-7,15,18H2,1-5H3,(H,29,35)(H,30,34). The fourth-order valence-corrected chi connectivity index (χ4v) is 3.55. The first-order valence-electron chi connectivity index (χ1n) is 11.9. The molecule has 0 bridgehead atoms. The molecule has 8 heteroatoms. The van der Waals surface area contributed by atoms with Crippen LogP contribution in [-0.4, -0.2) is 39.7 Å². The van der Waals surface area contributed by atoms with Crippen molar-refractivity contribution in [3.8, 4) is 5.69 Å². The van der Waals surface area contributed by atoms with E-state index in [1.165, 1.54) is 23.1 Å². The van der Waals surface area contributed by atoms with Crippen LogP contribution in [0.1, 0.15) is 51.8 Å². The second-order valence-corrected chi connectivity index (χ2v) is 9.63. The van der Waals surface area contributed by atoms with Gasteiger partial charge in [-0.05, 0) is 43.2 Å². The average molecular weight is 480 g/mol. The maximum absolute atomic E-state index is 13.5. The summed E-state index contributed by atoms with van der Waals surface area (Å²) in [6, 6.07) is 14.9. The Morgan fingerprint density at radius 3 is 2.46 bits per heavy atom. The Morgan fingerprint density at radius 1 is 1.06 bits per heavy atom. The lowest BCUT2D eigenvalue weighted by molar-refractivity contribution is -0.116. The van der Waals surface area contributed by atoms with Crippen molar-refractivity contribution in [1.82, 2.24) is 14.7 Å². The van der Waals surface area contributed by atoms with E-state index in [0.717, 1.165) is 29.8 Å². The molecule has 3 rings (SSSR count). The molecule has 0 aliphatic carbocycles. The lowest BCUT2D eigenvalue weighted by Gasteiger charge is -2.22. The van der Waals surface area contributed by atoms with Crippen LogP contribution in [0.15, 0.2) is 54.6 Å². The molecular formula is C27H34FN5O2. The minimum Gasteiger partial charge on any atom is -0.315 e. The van der Waals surface area contributed by atoms with E-state index < -0.39 is 11.8 Å². The number of amides is 3. The zero-order valence-corrected chi connectivity index (χ0v) is 21.1. The maximum Gasteiger partial charge on any atom is 0.322 e. The Hall–Kier alpha value is -3.68. The molecule has 0 saturated carbocycles. The Kier molecular flexibility index (Phi) is 8.27. The average Bonchev–Trinajstić information content (AvgIpc) is 3.21. The van der Waals surface area contributed by atoms with E-state index >= 15 is 0 Å². The number of nitrogens with one attached hydrogen (secondary N) is 2. The highest BCUT2D eigenvalue weighted by atomic mass is 19.1. The Balaban J connectivity index is 1.82. The third kappa shape index (κ3) is 6.91. The zero-order valence-electron chi connectivity index (χ0n) is 21.1. The van der Waals surface area contributed by atoms with Gasteiger partial charge in [-0.2, -0.15) is 5.10 Å². The Bertz CT molecular complexity index is 1180. The summed E-state index contributed by atoms with van der Waals surface area (Å²) in [6.07, 6.45) is 1.60. The van der Waals surface area contributed by atoms with Crippen LogP contribution >= 0.6 is 0 Å². The van der Waals surface area contributed by atoms with Crippen molar-refractivity contribution >= 4 is 23.4 Å². The minimum absolute atomic E-state index is 0.148. The summed E-state index contributed by atoms with van der Waals surface area (Å²) in [4.78, 5) is 27.4. The molecule has 0 radical (unpaired) electrons. The predicted octanol–water partition coefficient (Wildman–Crippen LogP) is 5.89. The van der Waals surface area contributed by atoms with Gasteiger partial charge in [-0.1, -0.05) is 58.4 Å². The molecule has 0 unspecified atom stereocenters. The predicted molar refractivity (Wildman–Crippen MR) is 138 cm³/mol. The normalized spacial score (nSPS) is 11.3. The molecule has 0 aliphatic heterocycles. The monoisotopic (exact) mass is 479 g/mol. The molecule has 2 aromatic carbocycles. The van der Waals surface area contributed by atoms with Crippen LogP contribution in [0.3, 0.4) is 0 Å². The number of urea groups is 1. The van der Waals surface area contributed by atoms with Gasteiger partial charge in [0.1, 0.15) is 18.2 Å². The molecule has 3 aromatic rings. The minimum atomic E-state index is -0.456. The number of benzene rings is 2. The molecule has 186 valence electrons. The number of hydrogen-bond acceptors (Lipinski definition) is 3. The third-order valence-electron chi connectivity index (χ3n) is 5.57. The van der Waals surface area contributed by atoms with Crippen molar-refractivity contribution in [1.29, 1.82) is 0 Å². The van der Waals surface area contributed by atoms with Crippen LogP contribution < -0.4 is 10.6 Å². The molecule has 1 aromatic heterocycles. The highest BCUT2D eigenvalue weighted by molar-refractivity contribution is 5.96. The number of rotatable bonds is 8. The van der Waals surface area contributed by atoms with Gasteiger partial charge in [0, 0.05) is 23.7 Å². The van der Waals surface area contributed by atoms with E-state index in [0.29, 0.717) is 18.1 Å². The molecule has 7 nitrogen and oxygen atoms in total. The quantitative estimate of drug-likeness (QED) is 0.423. The molecule has 0 fully saturated rings. The van der Waals surface area contributed by atoms with Crippen LogP contribution in [0.2, 0.25) is 0 Å². The summed E-state index contributed by atoms with van der Waals surface area (Å²) in [5.41, 5.74) is 2.84. The van der Waals surface area contributed by atoms with E-state index in [2.05, 4.69) is 31.4 Å². The fraction of sp³-hybridized carbons (Fsp3) is 0.370. The second-order valence-electron chi connectivity index (χ2n) is 9.63. The van der Waals surface area contributed by atoms with Crippen LogP contribution in [0.5, 0.6) is 0 Å². The number of hydrogen-bond donors (Lipinski definition) is 2. The Labute approximate surface area is 206 Å². The zero-order chi connectivity index (χ0) is 25.6. The highest BCUT2D eigenvalue weighted by Crippen LogP contribution is 2.27. The molecule has 3 amide bonds. The summed E-state index contributed by atoms with van der Waals surface area (Å²) in [6.45, 7) is 10.4. The molecule has 0 aliphatic rings. The van der Waals surface area contributed by atoms with Gasteiger partial charge in [0.05, 0.1) is 11.4 Å². The van der Waals surface area contributed by atoms with Crippen molar-refractivity contribution in [2.45, 2.75) is 52.9 Å². The van der Waals surface area contributed by atoms with E-state index in [4.69, 9.17) is 5.10 Å². The molecule has 1 heterocycles. The summed E-state index contributed by atoms with van der Waals surface area (Å²) < 4.78 is 15.3. The lowest BCUT2D eigenvalue weighted by atomic mass is 9.92. The Morgan fingerprint density at radius 2 is 1.80 bits per heavy atom. The SMILES string of the molecule is CCCCN(CC(=O)Nc1cc(C(C)(C)C)nn1-c1ccccc1C)C(=O)Nc1cccc(F)c1. The van der Waals surface area contributed by atoms with E-state index in [9.17, 15) is 14.0 Å². The third-order valence-corrected chi connectivity index (χ3v) is 5.57. The summed E-state index contributed by atoms with van der Waals surface area (Å²) in [7, 11) is 0. The van der Waals surface area contributed by atoms with Gasteiger partial charge in [0.25, 0.3) is 0 Å². The van der Waals surface area contributed by atoms with E-state index in [1.807, 2.05) is 44.2 Å². The molecular weight excluding hydrogens is 445 g/mol. The van der Waals surface area contributed by atoms with Gasteiger partial charge in [0.15, 0.2) is 0 Å². The van der Waals surface area contributed by atoms with Gasteiger partial charge >= 0.3 is 6.03 Å². The van der Waals surface area contributed by atoms with Crippen molar-refractivity contribution < 1.29 is 14.0 Å². The van der Waals surface area contributed by atoms with Crippen molar-refractivity contribution in [2.24, 2.45) is 0 Å². The van der Waals surface area contributed by atoms with E-state index in [1.54, 1.807) is 10.7 Å². The molecule has 35 heavy (non-hydrogen) atoms. The van der Waals surface area contributed by atoms with Crippen LogP contribution in [0, 0.1) is 12.7 Å². The number of nitrogens with zero attached hydrogens (tertiary/aromatic N) is 3. The van der Waals surface area contributed by atoms with Crippen LogP contribution in [0.25, 0.3) is 5.69 Å². The van der Waals surface area contributed by atoms with Crippen molar-refractivity contribution in [3.05, 3.63) is 71.7 Å². The van der Waals surface area contributed by atoms with Gasteiger partial charge in [-0.3, -0.25) is 4.79 Å². The lowest BCUT2D eigenvalue weighted by Crippen LogP contribution is -2.41. The molecule has 0 spiro atoms. The summed E-state index contributed by atoms with van der Waals surface area (Å²) in [5.74, 6) is -0.249. The molecule has 2 N–H and O–H groups in total. The summed E-state index contributed by atoms with van der Waals surface area (Å²) in [5, 5.41) is 10.4. The van der Waals surface area contributed by atoms with Gasteiger partial charge in [0.2, 0.25) is 5.91 Å². The molecule has 0 saturated heterocycles. The van der Waals surface area contributed by atoms with Crippen molar-refractivity contribution in [3.63, 3.8) is 0 Å². The first-order chi connectivity index (χ1) is 16.6. The number of carbonyl (C=O) groups is 2. The van der Waals surface area contributed by atoms with Crippen LogP contribution in [0.4, 0.5) is 20.7 Å². The number of aryl methyl sites for hydroxylation is 1. The number of anilines is 2. The smallest absolute Gasteiger partial charge is 0.315 e. The number of aromatic nitrogens is 2.